The van der Waals surface area contributed by atoms with Gasteiger partial charge in [-0.05, 0) is 36.2 Å². The van der Waals surface area contributed by atoms with Gasteiger partial charge in [-0.2, -0.15) is 13.2 Å². The van der Waals surface area contributed by atoms with E-state index in [0.29, 0.717) is 13.0 Å². The molecule has 0 aliphatic rings. The zero-order valence-corrected chi connectivity index (χ0v) is 13.7. The third-order valence-electron chi connectivity index (χ3n) is 3.57. The largest absolute Gasteiger partial charge is 0.497 e. The lowest BCUT2D eigenvalue weighted by atomic mass is 10.1. The molecule has 2 N–H and O–H groups in total. The van der Waals surface area contributed by atoms with Crippen molar-refractivity contribution in [3.63, 3.8) is 0 Å². The summed E-state index contributed by atoms with van der Waals surface area (Å²) in [5, 5.41) is 5.21. The SMILES string of the molecule is COc1ccc(CCNC(=O)CNc2ccccc2C(F)(F)F)cc1. The van der Waals surface area contributed by atoms with E-state index in [0.717, 1.165) is 17.4 Å². The van der Waals surface area contributed by atoms with E-state index in [-0.39, 0.29) is 18.1 Å². The van der Waals surface area contributed by atoms with Crippen LogP contribution < -0.4 is 15.4 Å². The van der Waals surface area contributed by atoms with E-state index < -0.39 is 11.7 Å². The van der Waals surface area contributed by atoms with Crippen LogP contribution in [-0.4, -0.2) is 26.1 Å². The predicted octanol–water partition coefficient (Wildman–Crippen LogP) is 3.48. The van der Waals surface area contributed by atoms with Crippen LogP contribution in [0.25, 0.3) is 0 Å². The highest BCUT2D eigenvalue weighted by atomic mass is 19.4. The molecule has 2 rings (SSSR count). The molecule has 0 atom stereocenters. The number of nitrogens with one attached hydrogen (secondary N) is 2. The van der Waals surface area contributed by atoms with E-state index in [1.165, 1.54) is 18.2 Å². The second-order valence-corrected chi connectivity index (χ2v) is 5.34. The molecule has 134 valence electrons. The van der Waals surface area contributed by atoms with Gasteiger partial charge in [0.25, 0.3) is 0 Å². The number of hydrogen-bond acceptors (Lipinski definition) is 3. The smallest absolute Gasteiger partial charge is 0.418 e. The number of halogens is 3. The number of benzene rings is 2. The van der Waals surface area contributed by atoms with Gasteiger partial charge in [0.05, 0.1) is 19.2 Å². The zero-order chi connectivity index (χ0) is 18.3. The van der Waals surface area contributed by atoms with E-state index in [2.05, 4.69) is 10.6 Å². The quantitative estimate of drug-likeness (QED) is 0.802. The number of carbonyl (C=O) groups excluding carboxylic acids is 1. The number of anilines is 1. The first-order chi connectivity index (χ1) is 11.9. The molecule has 2 aromatic rings. The Balaban J connectivity index is 1.79. The molecule has 0 aliphatic carbocycles. The maximum Gasteiger partial charge on any atom is 0.418 e. The van der Waals surface area contributed by atoms with Gasteiger partial charge in [-0.15, -0.1) is 0 Å². The minimum atomic E-state index is -4.46. The second kappa shape index (κ2) is 8.41. The van der Waals surface area contributed by atoms with Gasteiger partial charge in [-0.3, -0.25) is 4.79 Å². The van der Waals surface area contributed by atoms with Gasteiger partial charge in [-0.25, -0.2) is 0 Å². The number of carbonyl (C=O) groups is 1. The average Bonchev–Trinajstić information content (AvgIpc) is 2.60. The number of rotatable bonds is 7. The maximum absolute atomic E-state index is 12.9. The molecule has 0 saturated heterocycles. The minimum absolute atomic E-state index is 0.111. The molecular weight excluding hydrogens is 333 g/mol. The van der Waals surface area contributed by atoms with Crippen LogP contribution in [0.5, 0.6) is 5.75 Å². The molecule has 4 nitrogen and oxygen atoms in total. The fourth-order valence-electron chi connectivity index (χ4n) is 2.26. The van der Waals surface area contributed by atoms with Gasteiger partial charge in [0, 0.05) is 12.2 Å². The van der Waals surface area contributed by atoms with Gasteiger partial charge in [-0.1, -0.05) is 24.3 Å². The van der Waals surface area contributed by atoms with Gasteiger partial charge in [0.15, 0.2) is 0 Å². The molecule has 0 bridgehead atoms. The van der Waals surface area contributed by atoms with Crippen LogP contribution in [0.3, 0.4) is 0 Å². The number of alkyl halides is 3. The molecule has 7 heteroatoms. The number of amides is 1. The van der Waals surface area contributed by atoms with Crippen molar-refractivity contribution >= 4 is 11.6 Å². The Morgan fingerprint density at radius 2 is 1.76 bits per heavy atom. The summed E-state index contributed by atoms with van der Waals surface area (Å²) < 4.78 is 43.7. The molecule has 0 fully saturated rings. The van der Waals surface area contributed by atoms with Crippen LogP contribution in [0.2, 0.25) is 0 Å². The lowest BCUT2D eigenvalue weighted by molar-refractivity contribution is -0.137. The number of ether oxygens (including phenoxy) is 1. The monoisotopic (exact) mass is 352 g/mol. The summed E-state index contributed by atoms with van der Waals surface area (Å²) in [6.07, 6.45) is -3.84. The highest BCUT2D eigenvalue weighted by Crippen LogP contribution is 2.34. The summed E-state index contributed by atoms with van der Waals surface area (Å²) in [7, 11) is 1.58. The molecule has 25 heavy (non-hydrogen) atoms. The van der Waals surface area contributed by atoms with Crippen LogP contribution >= 0.6 is 0 Å². The normalized spacial score (nSPS) is 11.0. The molecule has 0 aliphatic heterocycles. The van der Waals surface area contributed by atoms with E-state index in [1.807, 2.05) is 24.3 Å². The fraction of sp³-hybridized carbons (Fsp3) is 0.278. The standard InChI is InChI=1S/C18H19F3N2O2/c1-25-14-8-6-13(7-9-14)10-11-22-17(24)12-23-16-5-3-2-4-15(16)18(19,20)21/h2-9,23H,10-12H2,1H3,(H,22,24). The summed E-state index contributed by atoms with van der Waals surface area (Å²) in [5.41, 5.74) is 0.123. The summed E-state index contributed by atoms with van der Waals surface area (Å²) >= 11 is 0. The van der Waals surface area contributed by atoms with Crippen molar-refractivity contribution in [1.29, 1.82) is 0 Å². The Kier molecular flexibility index (Phi) is 6.27. The first kappa shape index (κ1) is 18.6. The highest BCUT2D eigenvalue weighted by molar-refractivity contribution is 5.81. The van der Waals surface area contributed by atoms with Crippen molar-refractivity contribution in [1.82, 2.24) is 5.32 Å². The summed E-state index contributed by atoms with van der Waals surface area (Å²) in [6.45, 7) is 0.170. The van der Waals surface area contributed by atoms with Gasteiger partial charge < -0.3 is 15.4 Å². The lowest BCUT2D eigenvalue weighted by Crippen LogP contribution is -2.31. The van der Waals surface area contributed by atoms with Crippen LogP contribution in [0.15, 0.2) is 48.5 Å². The van der Waals surface area contributed by atoms with E-state index in [1.54, 1.807) is 7.11 Å². The minimum Gasteiger partial charge on any atom is -0.497 e. The van der Waals surface area contributed by atoms with Crippen LogP contribution in [-0.2, 0) is 17.4 Å². The molecule has 2 aromatic carbocycles. The lowest BCUT2D eigenvalue weighted by Gasteiger charge is -2.14. The average molecular weight is 352 g/mol. The summed E-state index contributed by atoms with van der Waals surface area (Å²) in [6, 6.07) is 12.5. The topological polar surface area (TPSA) is 50.4 Å². The summed E-state index contributed by atoms with van der Waals surface area (Å²) in [4.78, 5) is 11.8. The molecule has 0 unspecified atom stereocenters. The Morgan fingerprint density at radius 3 is 2.40 bits per heavy atom. The number of hydrogen-bond donors (Lipinski definition) is 2. The van der Waals surface area contributed by atoms with Crippen LogP contribution in [0.1, 0.15) is 11.1 Å². The molecular formula is C18H19F3N2O2. The van der Waals surface area contributed by atoms with E-state index in [9.17, 15) is 18.0 Å². The van der Waals surface area contributed by atoms with Crippen LogP contribution in [0.4, 0.5) is 18.9 Å². The van der Waals surface area contributed by atoms with Crippen molar-refractivity contribution < 1.29 is 22.7 Å². The Labute approximate surface area is 144 Å². The second-order valence-electron chi connectivity index (χ2n) is 5.34. The van der Waals surface area contributed by atoms with Crippen LogP contribution in [0, 0.1) is 0 Å². The van der Waals surface area contributed by atoms with Crippen molar-refractivity contribution in [3.8, 4) is 5.75 Å². The van der Waals surface area contributed by atoms with Crippen molar-refractivity contribution in [2.45, 2.75) is 12.6 Å². The van der Waals surface area contributed by atoms with Gasteiger partial charge in [0.1, 0.15) is 5.75 Å². The molecule has 1 amide bonds. The van der Waals surface area contributed by atoms with Gasteiger partial charge in [0.2, 0.25) is 5.91 Å². The first-order valence-corrected chi connectivity index (χ1v) is 7.70. The predicted molar refractivity (Wildman–Crippen MR) is 89.6 cm³/mol. The molecule has 0 radical (unpaired) electrons. The fourth-order valence-corrected chi connectivity index (χ4v) is 2.26. The van der Waals surface area contributed by atoms with Crippen molar-refractivity contribution in [3.05, 3.63) is 59.7 Å². The molecule has 0 spiro atoms. The Bertz CT molecular complexity index is 700. The third kappa shape index (κ3) is 5.70. The highest BCUT2D eigenvalue weighted by Gasteiger charge is 2.33. The van der Waals surface area contributed by atoms with E-state index in [4.69, 9.17) is 4.74 Å². The molecule has 0 aromatic heterocycles. The van der Waals surface area contributed by atoms with E-state index >= 15 is 0 Å². The number of methoxy groups -OCH3 is 1. The molecule has 0 heterocycles. The first-order valence-electron chi connectivity index (χ1n) is 7.70. The van der Waals surface area contributed by atoms with Crippen molar-refractivity contribution in [2.75, 3.05) is 25.5 Å². The van der Waals surface area contributed by atoms with Gasteiger partial charge >= 0.3 is 6.18 Å². The molecule has 0 saturated carbocycles. The Hall–Kier alpha value is -2.70. The zero-order valence-electron chi connectivity index (χ0n) is 13.7. The number of para-hydroxylation sites is 1. The summed E-state index contributed by atoms with van der Waals surface area (Å²) in [5.74, 6) is 0.380. The maximum atomic E-state index is 12.9. The Morgan fingerprint density at radius 1 is 1.08 bits per heavy atom. The third-order valence-corrected chi connectivity index (χ3v) is 3.57. The van der Waals surface area contributed by atoms with Crippen molar-refractivity contribution in [2.24, 2.45) is 0 Å².